The monoisotopic (exact) mass is 238 g/mol. The van der Waals surface area contributed by atoms with Crippen LogP contribution in [0.15, 0.2) is 12.4 Å². The summed E-state index contributed by atoms with van der Waals surface area (Å²) in [5.41, 5.74) is 0. The lowest BCUT2D eigenvalue weighted by molar-refractivity contribution is 0.762. The van der Waals surface area contributed by atoms with Gasteiger partial charge in [0.1, 0.15) is 18.0 Å². The van der Waals surface area contributed by atoms with Crippen LogP contribution < -0.4 is 10.6 Å². The molecule has 16 heavy (non-hydrogen) atoms. The lowest BCUT2D eigenvalue weighted by atomic mass is 10.2. The predicted octanol–water partition coefficient (Wildman–Crippen LogP) is 2.21. The molecule has 2 atom stereocenters. The van der Waals surface area contributed by atoms with Gasteiger partial charge in [-0.1, -0.05) is 6.42 Å². The molecule has 4 nitrogen and oxygen atoms in total. The summed E-state index contributed by atoms with van der Waals surface area (Å²) >= 11 is 1.95. The third-order valence-corrected chi connectivity index (χ3v) is 4.18. The third-order valence-electron chi connectivity index (χ3n) is 3.01. The zero-order chi connectivity index (χ0) is 11.4. The standard InChI is InChI=1S/C11H18N4S/c1-12-10-6-11(14-7-13-10)15-8-4-3-5-9(8)16-2/h6-9H,3-5H2,1-2H3,(H2,12,13,14,15). The Balaban J connectivity index is 2.02. The van der Waals surface area contributed by atoms with Gasteiger partial charge in [0, 0.05) is 24.4 Å². The van der Waals surface area contributed by atoms with Crippen molar-refractivity contribution in [1.82, 2.24) is 9.97 Å². The zero-order valence-corrected chi connectivity index (χ0v) is 10.5. The maximum absolute atomic E-state index is 4.25. The van der Waals surface area contributed by atoms with E-state index in [2.05, 4.69) is 26.9 Å². The number of nitrogens with one attached hydrogen (secondary N) is 2. The van der Waals surface area contributed by atoms with Crippen molar-refractivity contribution in [2.75, 3.05) is 23.9 Å². The van der Waals surface area contributed by atoms with Crippen LogP contribution in [0.3, 0.4) is 0 Å². The average Bonchev–Trinajstić information content (AvgIpc) is 2.76. The highest BCUT2D eigenvalue weighted by Crippen LogP contribution is 2.30. The van der Waals surface area contributed by atoms with E-state index in [0.29, 0.717) is 11.3 Å². The highest BCUT2D eigenvalue weighted by atomic mass is 32.2. The van der Waals surface area contributed by atoms with Crippen molar-refractivity contribution in [2.24, 2.45) is 0 Å². The molecule has 1 aromatic rings. The maximum Gasteiger partial charge on any atom is 0.131 e. The van der Waals surface area contributed by atoms with E-state index < -0.39 is 0 Å². The molecule has 0 bridgehead atoms. The van der Waals surface area contributed by atoms with Gasteiger partial charge in [-0.15, -0.1) is 0 Å². The van der Waals surface area contributed by atoms with E-state index in [9.17, 15) is 0 Å². The Labute approximate surface area is 101 Å². The number of thioether (sulfide) groups is 1. The van der Waals surface area contributed by atoms with Crippen molar-refractivity contribution in [3.63, 3.8) is 0 Å². The molecule has 1 saturated carbocycles. The summed E-state index contributed by atoms with van der Waals surface area (Å²) in [6, 6.07) is 2.50. The molecule has 2 unspecified atom stereocenters. The minimum atomic E-state index is 0.551. The van der Waals surface area contributed by atoms with Crippen LogP contribution in [0.25, 0.3) is 0 Å². The number of hydrogen-bond donors (Lipinski definition) is 2. The van der Waals surface area contributed by atoms with Gasteiger partial charge in [-0.2, -0.15) is 11.8 Å². The van der Waals surface area contributed by atoms with Gasteiger partial charge >= 0.3 is 0 Å². The van der Waals surface area contributed by atoms with E-state index in [1.807, 2.05) is 24.9 Å². The highest BCUT2D eigenvalue weighted by molar-refractivity contribution is 7.99. The van der Waals surface area contributed by atoms with E-state index in [-0.39, 0.29) is 0 Å². The summed E-state index contributed by atoms with van der Waals surface area (Å²) in [7, 11) is 1.87. The van der Waals surface area contributed by atoms with Crippen LogP contribution >= 0.6 is 11.8 Å². The summed E-state index contributed by atoms with van der Waals surface area (Å²) in [5.74, 6) is 1.78. The van der Waals surface area contributed by atoms with E-state index in [4.69, 9.17) is 0 Å². The number of hydrogen-bond acceptors (Lipinski definition) is 5. The lowest BCUT2D eigenvalue weighted by Crippen LogP contribution is -2.26. The first-order valence-electron chi connectivity index (χ1n) is 5.62. The van der Waals surface area contributed by atoms with Crippen molar-refractivity contribution in [2.45, 2.75) is 30.6 Å². The van der Waals surface area contributed by atoms with Crippen LogP contribution in [0.2, 0.25) is 0 Å². The first-order chi connectivity index (χ1) is 7.83. The second-order valence-electron chi connectivity index (χ2n) is 3.99. The van der Waals surface area contributed by atoms with E-state index in [0.717, 1.165) is 11.6 Å². The van der Waals surface area contributed by atoms with Crippen LogP contribution in [-0.4, -0.2) is 34.6 Å². The second kappa shape index (κ2) is 5.39. The SMILES string of the molecule is CNc1cc(NC2CCCC2SC)ncn1. The topological polar surface area (TPSA) is 49.8 Å². The molecule has 1 aliphatic rings. The van der Waals surface area contributed by atoms with Crippen LogP contribution in [0, 0.1) is 0 Å². The Morgan fingerprint density at radius 2 is 2.12 bits per heavy atom. The molecule has 1 aromatic heterocycles. The fraction of sp³-hybridized carbons (Fsp3) is 0.636. The Morgan fingerprint density at radius 1 is 1.31 bits per heavy atom. The molecule has 0 amide bonds. The van der Waals surface area contributed by atoms with Gasteiger partial charge in [0.05, 0.1) is 0 Å². The molecule has 1 aliphatic carbocycles. The van der Waals surface area contributed by atoms with Crippen LogP contribution in [0.5, 0.6) is 0 Å². The smallest absolute Gasteiger partial charge is 0.131 e. The van der Waals surface area contributed by atoms with Gasteiger partial charge < -0.3 is 10.6 Å². The van der Waals surface area contributed by atoms with Gasteiger partial charge in [-0.25, -0.2) is 9.97 Å². The predicted molar refractivity (Wildman–Crippen MR) is 70.1 cm³/mol. The molecule has 5 heteroatoms. The van der Waals surface area contributed by atoms with Crippen molar-refractivity contribution in [3.05, 3.63) is 12.4 Å². The normalized spacial score (nSPS) is 24.4. The van der Waals surface area contributed by atoms with E-state index >= 15 is 0 Å². The summed E-state index contributed by atoms with van der Waals surface area (Å²) in [6.45, 7) is 0. The maximum atomic E-state index is 4.25. The highest BCUT2D eigenvalue weighted by Gasteiger charge is 2.26. The van der Waals surface area contributed by atoms with Gasteiger partial charge in [0.25, 0.3) is 0 Å². The molecule has 1 heterocycles. The fourth-order valence-corrected chi connectivity index (χ4v) is 3.07. The molecule has 0 aromatic carbocycles. The quantitative estimate of drug-likeness (QED) is 0.842. The Bertz CT molecular complexity index is 345. The molecule has 0 radical (unpaired) electrons. The molecular formula is C11H18N4S. The Morgan fingerprint density at radius 3 is 2.88 bits per heavy atom. The molecule has 0 saturated heterocycles. The summed E-state index contributed by atoms with van der Waals surface area (Å²) in [5, 5.41) is 7.24. The number of rotatable bonds is 4. The van der Waals surface area contributed by atoms with Crippen molar-refractivity contribution in [1.29, 1.82) is 0 Å². The number of nitrogens with zero attached hydrogens (tertiary/aromatic N) is 2. The minimum Gasteiger partial charge on any atom is -0.373 e. The molecule has 2 rings (SSSR count). The Hall–Kier alpha value is -0.970. The van der Waals surface area contributed by atoms with Crippen LogP contribution in [0.4, 0.5) is 11.6 Å². The largest absolute Gasteiger partial charge is 0.373 e. The van der Waals surface area contributed by atoms with Gasteiger partial charge in [-0.3, -0.25) is 0 Å². The summed E-state index contributed by atoms with van der Waals surface area (Å²) in [6.07, 6.45) is 7.64. The molecule has 0 spiro atoms. The fourth-order valence-electron chi connectivity index (χ4n) is 2.14. The first kappa shape index (κ1) is 11.5. The minimum absolute atomic E-state index is 0.551. The van der Waals surface area contributed by atoms with Crippen molar-refractivity contribution in [3.8, 4) is 0 Å². The molecule has 88 valence electrons. The molecular weight excluding hydrogens is 220 g/mol. The zero-order valence-electron chi connectivity index (χ0n) is 9.73. The molecule has 0 aliphatic heterocycles. The van der Waals surface area contributed by atoms with Crippen molar-refractivity contribution < 1.29 is 0 Å². The first-order valence-corrected chi connectivity index (χ1v) is 6.91. The Kier molecular flexibility index (Phi) is 3.88. The van der Waals surface area contributed by atoms with E-state index in [1.54, 1.807) is 6.33 Å². The summed E-state index contributed by atoms with van der Waals surface area (Å²) in [4.78, 5) is 8.35. The average molecular weight is 238 g/mol. The summed E-state index contributed by atoms with van der Waals surface area (Å²) < 4.78 is 0. The van der Waals surface area contributed by atoms with Gasteiger partial charge in [0.2, 0.25) is 0 Å². The number of anilines is 2. The van der Waals surface area contributed by atoms with Crippen LogP contribution in [-0.2, 0) is 0 Å². The molecule has 1 fully saturated rings. The van der Waals surface area contributed by atoms with Crippen LogP contribution in [0.1, 0.15) is 19.3 Å². The van der Waals surface area contributed by atoms with Crippen molar-refractivity contribution >= 4 is 23.4 Å². The van der Waals surface area contributed by atoms with Gasteiger partial charge in [0.15, 0.2) is 0 Å². The number of aromatic nitrogens is 2. The second-order valence-corrected chi connectivity index (χ2v) is 5.07. The molecule has 2 N–H and O–H groups in total. The lowest BCUT2D eigenvalue weighted by Gasteiger charge is -2.19. The van der Waals surface area contributed by atoms with E-state index in [1.165, 1.54) is 19.3 Å². The van der Waals surface area contributed by atoms with Gasteiger partial charge in [-0.05, 0) is 19.1 Å². The third kappa shape index (κ3) is 2.58.